The average Bonchev–Trinajstić information content (AvgIpc) is 3.21. The second-order valence-electron chi connectivity index (χ2n) is 4.63. The minimum Gasteiger partial charge on any atom is -0.477 e. The summed E-state index contributed by atoms with van der Waals surface area (Å²) < 4.78 is 0. The summed E-state index contributed by atoms with van der Waals surface area (Å²) in [5.41, 5.74) is 1.13. The Balaban J connectivity index is 1.94. The van der Waals surface area contributed by atoms with Crippen molar-refractivity contribution in [3.63, 3.8) is 0 Å². The van der Waals surface area contributed by atoms with E-state index >= 15 is 0 Å². The van der Waals surface area contributed by atoms with Gasteiger partial charge in [0.25, 0.3) is 0 Å². The van der Waals surface area contributed by atoms with Crippen molar-refractivity contribution in [1.82, 2.24) is 4.98 Å². The summed E-state index contributed by atoms with van der Waals surface area (Å²) in [6, 6.07) is 9.10. The third-order valence-corrected chi connectivity index (χ3v) is 4.01. The van der Waals surface area contributed by atoms with Gasteiger partial charge in [-0.3, -0.25) is 4.79 Å². The van der Waals surface area contributed by atoms with E-state index in [4.69, 9.17) is 0 Å². The molecule has 0 bridgehead atoms. The zero-order valence-electron chi connectivity index (χ0n) is 10.5. The lowest BCUT2D eigenvalue weighted by Crippen LogP contribution is -2.12. The number of amides is 1. The van der Waals surface area contributed by atoms with E-state index in [0.717, 1.165) is 29.7 Å². The second-order valence-corrected chi connectivity index (χ2v) is 5.63. The van der Waals surface area contributed by atoms with E-state index in [9.17, 15) is 14.7 Å². The molecule has 1 saturated carbocycles. The lowest BCUT2D eigenvalue weighted by atomic mass is 10.1. The molecule has 1 amide bonds. The van der Waals surface area contributed by atoms with E-state index in [2.05, 4.69) is 10.3 Å². The van der Waals surface area contributed by atoms with Crippen molar-refractivity contribution in [2.75, 3.05) is 5.32 Å². The molecule has 6 heteroatoms. The van der Waals surface area contributed by atoms with E-state index in [1.807, 2.05) is 18.2 Å². The third-order valence-electron chi connectivity index (χ3n) is 3.05. The van der Waals surface area contributed by atoms with Crippen LogP contribution in [-0.2, 0) is 4.79 Å². The quantitative estimate of drug-likeness (QED) is 0.906. The number of nitrogens with one attached hydrogen (secondary N) is 1. The number of carbonyl (C=O) groups is 2. The molecule has 1 fully saturated rings. The molecule has 102 valence electrons. The highest BCUT2D eigenvalue weighted by atomic mass is 32.1. The van der Waals surface area contributed by atoms with Crippen molar-refractivity contribution < 1.29 is 14.7 Å². The Morgan fingerprint density at radius 1 is 1.25 bits per heavy atom. The molecule has 0 spiro atoms. The lowest BCUT2D eigenvalue weighted by Gasteiger charge is -1.98. The van der Waals surface area contributed by atoms with Crippen LogP contribution in [0.25, 0.3) is 11.3 Å². The predicted molar refractivity (Wildman–Crippen MR) is 75.9 cm³/mol. The Bertz CT molecular complexity index is 662. The monoisotopic (exact) mass is 288 g/mol. The number of thiazole rings is 1. The van der Waals surface area contributed by atoms with Crippen LogP contribution in [0.5, 0.6) is 0 Å². The molecule has 1 aliphatic carbocycles. The van der Waals surface area contributed by atoms with Gasteiger partial charge in [0.15, 0.2) is 5.13 Å². The van der Waals surface area contributed by atoms with E-state index in [-0.39, 0.29) is 16.7 Å². The van der Waals surface area contributed by atoms with Crippen LogP contribution in [0.1, 0.15) is 22.5 Å². The van der Waals surface area contributed by atoms with Gasteiger partial charge in [0.05, 0.1) is 5.69 Å². The van der Waals surface area contributed by atoms with Gasteiger partial charge in [-0.1, -0.05) is 41.7 Å². The minimum atomic E-state index is -1.03. The highest BCUT2D eigenvalue weighted by Crippen LogP contribution is 2.34. The number of hydrogen-bond donors (Lipinski definition) is 2. The van der Waals surface area contributed by atoms with Crippen molar-refractivity contribution >= 4 is 28.3 Å². The molecule has 2 aromatic rings. The average molecular weight is 288 g/mol. The van der Waals surface area contributed by atoms with Crippen LogP contribution >= 0.6 is 11.3 Å². The Labute approximate surface area is 119 Å². The normalized spacial score (nSPS) is 14.0. The fourth-order valence-electron chi connectivity index (χ4n) is 1.86. The van der Waals surface area contributed by atoms with Crippen molar-refractivity contribution in [3.05, 3.63) is 35.2 Å². The number of aromatic nitrogens is 1. The van der Waals surface area contributed by atoms with Gasteiger partial charge in [0.2, 0.25) is 5.91 Å². The summed E-state index contributed by atoms with van der Waals surface area (Å²) in [6.45, 7) is 0. The molecule has 5 nitrogen and oxygen atoms in total. The fourth-order valence-corrected chi connectivity index (χ4v) is 2.69. The molecular weight excluding hydrogens is 276 g/mol. The first-order valence-electron chi connectivity index (χ1n) is 6.25. The largest absolute Gasteiger partial charge is 0.477 e. The molecule has 1 aromatic heterocycles. The number of rotatable bonds is 4. The highest BCUT2D eigenvalue weighted by molar-refractivity contribution is 7.18. The van der Waals surface area contributed by atoms with Gasteiger partial charge in [0.1, 0.15) is 4.88 Å². The van der Waals surface area contributed by atoms with Crippen molar-refractivity contribution in [3.8, 4) is 11.3 Å². The Kier molecular flexibility index (Phi) is 3.23. The van der Waals surface area contributed by atoms with Crippen LogP contribution in [0, 0.1) is 5.92 Å². The first-order valence-corrected chi connectivity index (χ1v) is 7.07. The number of aromatic carboxylic acids is 1. The van der Waals surface area contributed by atoms with Crippen LogP contribution in [-0.4, -0.2) is 22.0 Å². The van der Waals surface area contributed by atoms with E-state index in [1.165, 1.54) is 0 Å². The topological polar surface area (TPSA) is 79.3 Å². The molecular formula is C14H12N2O3S. The van der Waals surface area contributed by atoms with Crippen LogP contribution in [0.4, 0.5) is 5.13 Å². The molecule has 1 aliphatic rings. The van der Waals surface area contributed by atoms with E-state index in [0.29, 0.717) is 10.8 Å². The first-order chi connectivity index (χ1) is 9.65. The molecule has 0 saturated heterocycles. The number of benzene rings is 1. The van der Waals surface area contributed by atoms with Gasteiger partial charge in [0, 0.05) is 11.5 Å². The van der Waals surface area contributed by atoms with Crippen molar-refractivity contribution in [2.24, 2.45) is 5.92 Å². The number of anilines is 1. The van der Waals surface area contributed by atoms with Gasteiger partial charge in [-0.15, -0.1) is 0 Å². The standard InChI is InChI=1S/C14H12N2O3S/c17-12(9-6-7-9)16-14-15-10(11(20-14)13(18)19)8-4-2-1-3-5-8/h1-5,9H,6-7H2,(H,18,19)(H,15,16,17). The van der Waals surface area contributed by atoms with Gasteiger partial charge < -0.3 is 10.4 Å². The number of nitrogens with zero attached hydrogens (tertiary/aromatic N) is 1. The number of carboxylic acids is 1. The van der Waals surface area contributed by atoms with E-state index in [1.54, 1.807) is 12.1 Å². The third kappa shape index (κ3) is 2.55. The van der Waals surface area contributed by atoms with E-state index < -0.39 is 5.97 Å². The lowest BCUT2D eigenvalue weighted by molar-refractivity contribution is -0.117. The van der Waals surface area contributed by atoms with Gasteiger partial charge in [-0.25, -0.2) is 9.78 Å². The molecule has 0 aliphatic heterocycles. The zero-order chi connectivity index (χ0) is 14.1. The van der Waals surface area contributed by atoms with Crippen molar-refractivity contribution in [1.29, 1.82) is 0 Å². The zero-order valence-corrected chi connectivity index (χ0v) is 11.3. The summed E-state index contributed by atoms with van der Waals surface area (Å²) in [4.78, 5) is 27.4. The molecule has 3 rings (SSSR count). The molecule has 2 N–H and O–H groups in total. The van der Waals surface area contributed by atoms with Gasteiger partial charge >= 0.3 is 5.97 Å². The van der Waals surface area contributed by atoms with Gasteiger partial charge in [-0.2, -0.15) is 0 Å². The van der Waals surface area contributed by atoms with Crippen LogP contribution in [0.15, 0.2) is 30.3 Å². The maximum Gasteiger partial charge on any atom is 0.348 e. The van der Waals surface area contributed by atoms with Gasteiger partial charge in [-0.05, 0) is 12.8 Å². The maximum atomic E-state index is 11.7. The van der Waals surface area contributed by atoms with Crippen LogP contribution in [0.3, 0.4) is 0 Å². The summed E-state index contributed by atoms with van der Waals surface area (Å²) in [7, 11) is 0. The summed E-state index contributed by atoms with van der Waals surface area (Å²) in [5, 5.41) is 12.3. The fraction of sp³-hybridized carbons (Fsp3) is 0.214. The Hall–Kier alpha value is -2.21. The SMILES string of the molecule is O=C(O)c1sc(NC(=O)C2CC2)nc1-c1ccccc1. The minimum absolute atomic E-state index is 0.0624. The number of carbonyl (C=O) groups excluding carboxylic acids is 1. The Morgan fingerprint density at radius 2 is 1.95 bits per heavy atom. The Morgan fingerprint density at radius 3 is 2.55 bits per heavy atom. The number of carboxylic acid groups (broad SMARTS) is 1. The number of hydrogen-bond acceptors (Lipinski definition) is 4. The predicted octanol–water partition coefficient (Wildman–Crippen LogP) is 2.86. The van der Waals surface area contributed by atoms with Crippen molar-refractivity contribution in [2.45, 2.75) is 12.8 Å². The molecule has 1 aromatic carbocycles. The summed E-state index contributed by atoms with van der Waals surface area (Å²) in [5.74, 6) is -1.05. The molecule has 0 atom stereocenters. The van der Waals surface area contributed by atoms with Crippen LogP contribution < -0.4 is 5.32 Å². The van der Waals surface area contributed by atoms with Crippen LogP contribution in [0.2, 0.25) is 0 Å². The summed E-state index contributed by atoms with van der Waals surface area (Å²) >= 11 is 0.993. The molecule has 20 heavy (non-hydrogen) atoms. The second kappa shape index (κ2) is 5.05. The highest BCUT2D eigenvalue weighted by Gasteiger charge is 2.30. The molecule has 0 radical (unpaired) electrons. The summed E-state index contributed by atoms with van der Waals surface area (Å²) in [6.07, 6.45) is 1.79. The maximum absolute atomic E-state index is 11.7. The first kappa shape index (κ1) is 12.8. The molecule has 0 unspecified atom stereocenters. The smallest absolute Gasteiger partial charge is 0.348 e. The molecule has 1 heterocycles.